The van der Waals surface area contributed by atoms with Crippen LogP contribution in [-0.2, 0) is 4.79 Å². The molecule has 0 saturated carbocycles. The molecule has 0 fully saturated rings. The van der Waals surface area contributed by atoms with Crippen molar-refractivity contribution in [2.75, 3.05) is 0 Å². The summed E-state index contributed by atoms with van der Waals surface area (Å²) >= 11 is 0. The van der Waals surface area contributed by atoms with Crippen LogP contribution in [0.25, 0.3) is 0 Å². The third-order valence-electron chi connectivity index (χ3n) is 0.859. The molecule has 0 unspecified atom stereocenters. The Morgan fingerprint density at radius 3 is 2.22 bits per heavy atom. The third kappa shape index (κ3) is 3.70. The van der Waals surface area contributed by atoms with E-state index in [1.165, 1.54) is 0 Å². The summed E-state index contributed by atoms with van der Waals surface area (Å²) in [7, 11) is 0. The SMILES string of the molecule is CC(C)CC(=N)C(=O)[O-]. The molecular weight excluding hydrogens is 118 g/mol. The molecule has 52 valence electrons. The van der Waals surface area contributed by atoms with Gasteiger partial charge in [-0.2, -0.15) is 0 Å². The highest BCUT2D eigenvalue weighted by Crippen LogP contribution is 1.98. The van der Waals surface area contributed by atoms with E-state index in [1.807, 2.05) is 13.8 Å². The molecule has 1 N–H and O–H groups in total. The van der Waals surface area contributed by atoms with Gasteiger partial charge >= 0.3 is 0 Å². The summed E-state index contributed by atoms with van der Waals surface area (Å²) in [5.74, 6) is -1.14. The van der Waals surface area contributed by atoms with Gasteiger partial charge in [0.25, 0.3) is 0 Å². The number of carbonyl (C=O) groups is 1. The summed E-state index contributed by atoms with van der Waals surface area (Å²) in [6.45, 7) is 3.72. The Morgan fingerprint density at radius 2 is 2.11 bits per heavy atom. The van der Waals surface area contributed by atoms with Gasteiger partial charge in [0.1, 0.15) is 0 Å². The van der Waals surface area contributed by atoms with Crippen molar-refractivity contribution in [1.82, 2.24) is 0 Å². The maximum Gasteiger partial charge on any atom is 0.0851 e. The fraction of sp³-hybridized carbons (Fsp3) is 0.667. The number of nitrogens with one attached hydrogen (secondary N) is 1. The predicted octanol–water partition coefficient (Wildman–Crippen LogP) is -0.198. The number of carboxylic acid groups (broad SMARTS) is 1. The molecular formula is C6H10NO2-. The monoisotopic (exact) mass is 128 g/mol. The molecule has 0 atom stereocenters. The summed E-state index contributed by atoms with van der Waals surface area (Å²) in [6.07, 6.45) is 0.294. The van der Waals surface area contributed by atoms with Gasteiger partial charge in [-0.25, -0.2) is 0 Å². The van der Waals surface area contributed by atoms with Gasteiger partial charge in [-0.15, -0.1) is 0 Å². The molecule has 0 amide bonds. The Hall–Kier alpha value is -0.860. The minimum absolute atomic E-state index is 0.218. The van der Waals surface area contributed by atoms with E-state index in [9.17, 15) is 9.90 Å². The topological polar surface area (TPSA) is 64.0 Å². The van der Waals surface area contributed by atoms with Gasteiger partial charge in [-0.1, -0.05) is 13.8 Å². The molecule has 0 aromatic heterocycles. The largest absolute Gasteiger partial charge is 0.544 e. The second kappa shape index (κ2) is 3.22. The Balaban J connectivity index is 3.65. The zero-order valence-electron chi connectivity index (χ0n) is 5.60. The van der Waals surface area contributed by atoms with Crippen LogP contribution in [0.5, 0.6) is 0 Å². The van der Waals surface area contributed by atoms with Gasteiger partial charge in [-0.3, -0.25) is 0 Å². The Labute approximate surface area is 54.2 Å². The maximum absolute atomic E-state index is 9.90. The van der Waals surface area contributed by atoms with Crippen molar-refractivity contribution in [2.24, 2.45) is 5.92 Å². The van der Waals surface area contributed by atoms with Crippen molar-refractivity contribution in [3.63, 3.8) is 0 Å². The summed E-state index contributed by atoms with van der Waals surface area (Å²) < 4.78 is 0. The second-order valence-electron chi connectivity index (χ2n) is 2.36. The molecule has 0 heterocycles. The molecule has 3 heteroatoms. The standard InChI is InChI=1S/C6H11NO2/c1-4(2)3-5(7)6(8)9/h4,7H,3H2,1-2H3,(H,8,9)/p-1. The average Bonchev–Trinajstić information content (AvgIpc) is 1.63. The summed E-state index contributed by atoms with van der Waals surface area (Å²) in [5.41, 5.74) is -0.315. The van der Waals surface area contributed by atoms with Crippen LogP contribution in [0, 0.1) is 11.3 Å². The van der Waals surface area contributed by atoms with Gasteiger partial charge in [-0.05, 0) is 12.3 Å². The zero-order chi connectivity index (χ0) is 7.44. The Morgan fingerprint density at radius 1 is 1.67 bits per heavy atom. The first-order valence-electron chi connectivity index (χ1n) is 2.82. The van der Waals surface area contributed by atoms with E-state index in [1.54, 1.807) is 0 Å². The van der Waals surface area contributed by atoms with E-state index in [2.05, 4.69) is 0 Å². The molecule has 0 rings (SSSR count). The molecule has 3 nitrogen and oxygen atoms in total. The highest BCUT2D eigenvalue weighted by molar-refractivity contribution is 6.33. The van der Waals surface area contributed by atoms with Crippen molar-refractivity contribution in [3.8, 4) is 0 Å². The third-order valence-corrected chi connectivity index (χ3v) is 0.859. The van der Waals surface area contributed by atoms with Gasteiger partial charge in [0.05, 0.1) is 11.7 Å². The van der Waals surface area contributed by atoms with Crippen LogP contribution in [0.4, 0.5) is 0 Å². The number of rotatable bonds is 3. The normalized spacial score (nSPS) is 9.67. The number of hydrogen-bond acceptors (Lipinski definition) is 3. The summed E-state index contributed by atoms with van der Waals surface area (Å²) in [5, 5.41) is 16.7. The van der Waals surface area contributed by atoms with Gasteiger partial charge in [0.15, 0.2) is 0 Å². The first-order valence-corrected chi connectivity index (χ1v) is 2.82. The highest BCUT2D eigenvalue weighted by Gasteiger charge is 1.99. The van der Waals surface area contributed by atoms with Crippen molar-refractivity contribution in [3.05, 3.63) is 0 Å². The molecule has 0 aliphatic heterocycles. The smallest absolute Gasteiger partial charge is 0.0851 e. The predicted molar refractivity (Wildman–Crippen MR) is 32.2 cm³/mol. The Kier molecular flexibility index (Phi) is 2.91. The van der Waals surface area contributed by atoms with Crippen molar-refractivity contribution < 1.29 is 9.90 Å². The number of aliphatic carboxylic acids is 1. The lowest BCUT2D eigenvalue weighted by Crippen LogP contribution is -2.31. The lowest BCUT2D eigenvalue weighted by Gasteiger charge is -2.05. The van der Waals surface area contributed by atoms with Crippen LogP contribution in [0.2, 0.25) is 0 Å². The molecule has 0 saturated heterocycles. The molecule has 0 bridgehead atoms. The first-order chi connectivity index (χ1) is 4.04. The quantitative estimate of drug-likeness (QED) is 0.535. The van der Waals surface area contributed by atoms with Gasteiger partial charge in [0.2, 0.25) is 0 Å². The Bertz CT molecular complexity index is 129. The molecule has 0 aliphatic rings. The molecule has 9 heavy (non-hydrogen) atoms. The van der Waals surface area contributed by atoms with Crippen LogP contribution in [0.3, 0.4) is 0 Å². The lowest BCUT2D eigenvalue weighted by atomic mass is 10.1. The van der Waals surface area contributed by atoms with Crippen LogP contribution < -0.4 is 5.11 Å². The lowest BCUT2D eigenvalue weighted by molar-refractivity contribution is -0.294. The van der Waals surface area contributed by atoms with Crippen LogP contribution >= 0.6 is 0 Å². The number of carboxylic acids is 1. The van der Waals surface area contributed by atoms with Crippen LogP contribution in [0.1, 0.15) is 20.3 Å². The van der Waals surface area contributed by atoms with E-state index in [0.717, 1.165) is 0 Å². The molecule has 0 spiro atoms. The fourth-order valence-electron chi connectivity index (χ4n) is 0.492. The van der Waals surface area contributed by atoms with Crippen molar-refractivity contribution in [2.45, 2.75) is 20.3 Å². The molecule has 0 aromatic rings. The molecule has 0 aliphatic carbocycles. The highest BCUT2D eigenvalue weighted by atomic mass is 16.4. The zero-order valence-corrected chi connectivity index (χ0v) is 5.60. The minimum atomic E-state index is -1.36. The van der Waals surface area contributed by atoms with E-state index in [4.69, 9.17) is 5.41 Å². The molecule has 0 radical (unpaired) electrons. The summed E-state index contributed by atoms with van der Waals surface area (Å²) in [4.78, 5) is 9.90. The average molecular weight is 128 g/mol. The fourth-order valence-corrected chi connectivity index (χ4v) is 0.492. The number of carbonyl (C=O) groups excluding carboxylic acids is 1. The van der Waals surface area contributed by atoms with Crippen LogP contribution in [-0.4, -0.2) is 11.7 Å². The maximum atomic E-state index is 9.90. The van der Waals surface area contributed by atoms with Crippen LogP contribution in [0.15, 0.2) is 0 Å². The van der Waals surface area contributed by atoms with E-state index in [-0.39, 0.29) is 11.6 Å². The van der Waals surface area contributed by atoms with Crippen molar-refractivity contribution in [1.29, 1.82) is 5.41 Å². The van der Waals surface area contributed by atoms with Gasteiger partial charge < -0.3 is 15.3 Å². The first kappa shape index (κ1) is 8.14. The van der Waals surface area contributed by atoms with E-state index < -0.39 is 5.97 Å². The van der Waals surface area contributed by atoms with E-state index in [0.29, 0.717) is 6.42 Å². The second-order valence-corrected chi connectivity index (χ2v) is 2.36. The minimum Gasteiger partial charge on any atom is -0.544 e. The molecule has 0 aromatic carbocycles. The number of hydrogen-bond donors (Lipinski definition) is 1. The van der Waals surface area contributed by atoms with E-state index >= 15 is 0 Å². The van der Waals surface area contributed by atoms with Gasteiger partial charge in [0, 0.05) is 0 Å². The van der Waals surface area contributed by atoms with Crippen molar-refractivity contribution >= 4 is 11.7 Å². The summed E-state index contributed by atoms with van der Waals surface area (Å²) in [6, 6.07) is 0.